The average Bonchev–Trinajstić information content (AvgIpc) is 3.28. The van der Waals surface area contributed by atoms with E-state index in [0.29, 0.717) is 4.77 Å². The first-order chi connectivity index (χ1) is 9.63. The highest BCUT2D eigenvalue weighted by Gasteiger charge is 2.41. The van der Waals surface area contributed by atoms with Crippen molar-refractivity contribution in [3.63, 3.8) is 0 Å². The van der Waals surface area contributed by atoms with E-state index in [4.69, 9.17) is 23.8 Å². The van der Waals surface area contributed by atoms with Crippen molar-refractivity contribution in [2.45, 2.75) is 32.2 Å². The molecular weight excluding hydrogens is 295 g/mol. The van der Waals surface area contributed by atoms with Gasteiger partial charge in [-0.25, -0.2) is 4.39 Å². The molecule has 2 saturated carbocycles. The number of fused-ring (bicyclic) bond motifs is 1. The number of hydrogen-bond acceptors (Lipinski definition) is 1. The molecule has 0 saturated heterocycles. The zero-order valence-electron chi connectivity index (χ0n) is 11.0. The van der Waals surface area contributed by atoms with Crippen molar-refractivity contribution < 1.29 is 4.39 Å². The lowest BCUT2D eigenvalue weighted by Gasteiger charge is -2.16. The molecule has 1 heterocycles. The summed E-state index contributed by atoms with van der Waals surface area (Å²) in [4.78, 5) is 3.10. The third-order valence-electron chi connectivity index (χ3n) is 4.66. The molecule has 0 spiro atoms. The van der Waals surface area contributed by atoms with E-state index in [-0.39, 0.29) is 5.02 Å². The molecule has 20 heavy (non-hydrogen) atoms. The Labute approximate surface area is 126 Å². The normalized spacial score (nSPS) is 19.1. The van der Waals surface area contributed by atoms with Gasteiger partial charge in [-0.05, 0) is 61.7 Å². The maximum absolute atomic E-state index is 13.5. The number of imidazole rings is 1. The molecule has 0 unspecified atom stereocenters. The number of halogens is 2. The summed E-state index contributed by atoms with van der Waals surface area (Å²) in [6.45, 7) is 0.941. The Morgan fingerprint density at radius 2 is 1.95 bits per heavy atom. The summed E-state index contributed by atoms with van der Waals surface area (Å²) in [5, 5.41) is 0.162. The standard InChI is InChI=1S/C15H16ClFN2S/c16-11-5-14-13(6-12(11)17)18-15(20)19(14)7-10(8-1-2-8)9-3-4-9/h5-6,8-10H,1-4,7H2,(H,18,20). The van der Waals surface area contributed by atoms with E-state index in [9.17, 15) is 4.39 Å². The third kappa shape index (κ3) is 2.19. The highest BCUT2D eigenvalue weighted by molar-refractivity contribution is 7.71. The Morgan fingerprint density at radius 3 is 2.55 bits per heavy atom. The molecule has 2 fully saturated rings. The van der Waals surface area contributed by atoms with Crippen LogP contribution in [0.5, 0.6) is 0 Å². The van der Waals surface area contributed by atoms with Crippen LogP contribution in [0.25, 0.3) is 11.0 Å². The first-order valence-electron chi connectivity index (χ1n) is 7.21. The SMILES string of the molecule is Fc1cc2[nH]c(=S)n(CC(C3CC3)C3CC3)c2cc1Cl. The van der Waals surface area contributed by atoms with Crippen LogP contribution in [-0.2, 0) is 6.54 Å². The molecule has 2 nitrogen and oxygen atoms in total. The van der Waals surface area contributed by atoms with Gasteiger partial charge < -0.3 is 9.55 Å². The fourth-order valence-electron chi connectivity index (χ4n) is 3.28. The lowest BCUT2D eigenvalue weighted by Crippen LogP contribution is -2.15. The first kappa shape index (κ1) is 12.8. The highest BCUT2D eigenvalue weighted by atomic mass is 35.5. The molecule has 0 radical (unpaired) electrons. The Morgan fingerprint density at radius 1 is 1.30 bits per heavy atom. The number of nitrogens with zero attached hydrogens (tertiary/aromatic N) is 1. The van der Waals surface area contributed by atoms with E-state index in [1.165, 1.54) is 31.7 Å². The van der Waals surface area contributed by atoms with Crippen LogP contribution in [0.1, 0.15) is 25.7 Å². The molecule has 1 N–H and O–H groups in total. The summed E-state index contributed by atoms with van der Waals surface area (Å²) in [5.41, 5.74) is 1.66. The molecule has 0 aliphatic heterocycles. The van der Waals surface area contributed by atoms with E-state index in [0.717, 1.165) is 35.3 Å². The van der Waals surface area contributed by atoms with Crippen molar-refractivity contribution in [1.82, 2.24) is 9.55 Å². The second kappa shape index (κ2) is 4.57. The topological polar surface area (TPSA) is 20.7 Å². The molecule has 0 atom stereocenters. The van der Waals surface area contributed by atoms with Gasteiger partial charge in [0.2, 0.25) is 0 Å². The lowest BCUT2D eigenvalue weighted by molar-refractivity contribution is 0.351. The van der Waals surface area contributed by atoms with Crippen molar-refractivity contribution >= 4 is 34.9 Å². The van der Waals surface area contributed by atoms with Gasteiger partial charge in [-0.2, -0.15) is 0 Å². The van der Waals surface area contributed by atoms with Gasteiger partial charge in [0.05, 0.1) is 16.1 Å². The van der Waals surface area contributed by atoms with Crippen molar-refractivity contribution in [2.24, 2.45) is 17.8 Å². The fourth-order valence-corrected chi connectivity index (χ4v) is 3.72. The molecule has 4 rings (SSSR count). The zero-order valence-corrected chi connectivity index (χ0v) is 12.6. The van der Waals surface area contributed by atoms with Gasteiger partial charge in [0, 0.05) is 12.6 Å². The quantitative estimate of drug-likeness (QED) is 0.794. The Bertz CT molecular complexity index is 715. The highest BCUT2D eigenvalue weighted by Crippen LogP contribution is 2.50. The van der Waals surface area contributed by atoms with Gasteiger partial charge >= 0.3 is 0 Å². The maximum Gasteiger partial charge on any atom is 0.178 e. The van der Waals surface area contributed by atoms with Crippen molar-refractivity contribution in [1.29, 1.82) is 0 Å². The molecule has 106 valence electrons. The maximum atomic E-state index is 13.5. The second-order valence-electron chi connectivity index (χ2n) is 6.16. The van der Waals surface area contributed by atoms with Crippen LogP contribution in [0.2, 0.25) is 5.02 Å². The van der Waals surface area contributed by atoms with E-state index < -0.39 is 5.82 Å². The predicted molar refractivity (Wildman–Crippen MR) is 81.0 cm³/mol. The molecule has 0 bridgehead atoms. The molecule has 2 aliphatic carbocycles. The van der Waals surface area contributed by atoms with Crippen LogP contribution in [0.3, 0.4) is 0 Å². The van der Waals surface area contributed by atoms with Crippen molar-refractivity contribution in [3.8, 4) is 0 Å². The Balaban J connectivity index is 1.76. The van der Waals surface area contributed by atoms with Crippen LogP contribution < -0.4 is 0 Å². The van der Waals surface area contributed by atoms with E-state index in [1.807, 2.05) is 0 Å². The first-order valence-corrected chi connectivity index (χ1v) is 7.99. The number of H-pyrrole nitrogens is 1. The minimum atomic E-state index is -0.400. The smallest absolute Gasteiger partial charge is 0.178 e. The van der Waals surface area contributed by atoms with Crippen molar-refractivity contribution in [3.05, 3.63) is 27.7 Å². The molecule has 0 amide bonds. The van der Waals surface area contributed by atoms with Gasteiger partial charge in [-0.15, -0.1) is 0 Å². The van der Waals surface area contributed by atoms with Gasteiger partial charge in [-0.3, -0.25) is 0 Å². The summed E-state index contributed by atoms with van der Waals surface area (Å²) >= 11 is 11.3. The van der Waals surface area contributed by atoms with E-state index in [1.54, 1.807) is 6.07 Å². The van der Waals surface area contributed by atoms with Gasteiger partial charge in [0.25, 0.3) is 0 Å². The van der Waals surface area contributed by atoms with Gasteiger partial charge in [0.1, 0.15) is 5.82 Å². The number of rotatable bonds is 4. The van der Waals surface area contributed by atoms with Crippen LogP contribution in [0.4, 0.5) is 4.39 Å². The number of nitrogens with one attached hydrogen (secondary N) is 1. The number of aromatic amines is 1. The average molecular weight is 311 g/mol. The largest absolute Gasteiger partial charge is 0.330 e. The summed E-state index contributed by atoms with van der Waals surface area (Å²) < 4.78 is 16.3. The van der Waals surface area contributed by atoms with Gasteiger partial charge in [0.15, 0.2) is 4.77 Å². The minimum absolute atomic E-state index is 0.162. The second-order valence-corrected chi connectivity index (χ2v) is 6.96. The summed E-state index contributed by atoms with van der Waals surface area (Å²) in [6.07, 6.45) is 5.41. The molecular formula is C15H16ClFN2S. The summed E-state index contributed by atoms with van der Waals surface area (Å²) in [6, 6.07) is 3.13. The fraction of sp³-hybridized carbons (Fsp3) is 0.533. The van der Waals surface area contributed by atoms with Gasteiger partial charge in [-0.1, -0.05) is 11.6 Å². The Hall–Kier alpha value is -0.870. The van der Waals surface area contributed by atoms with E-state index in [2.05, 4.69) is 9.55 Å². The zero-order chi connectivity index (χ0) is 13.9. The summed E-state index contributed by atoms with van der Waals surface area (Å²) in [7, 11) is 0. The summed E-state index contributed by atoms with van der Waals surface area (Å²) in [5.74, 6) is 2.06. The third-order valence-corrected chi connectivity index (χ3v) is 5.28. The van der Waals surface area contributed by atoms with Crippen molar-refractivity contribution in [2.75, 3.05) is 0 Å². The van der Waals surface area contributed by atoms with Crippen LogP contribution >= 0.6 is 23.8 Å². The number of aromatic nitrogens is 2. The molecule has 2 aliphatic rings. The Kier molecular flexibility index (Phi) is 2.93. The molecule has 5 heteroatoms. The van der Waals surface area contributed by atoms with Crippen LogP contribution in [0, 0.1) is 28.3 Å². The predicted octanol–water partition coefficient (Wildman–Crippen LogP) is 4.93. The van der Waals surface area contributed by atoms with Crippen LogP contribution in [-0.4, -0.2) is 9.55 Å². The lowest BCUT2D eigenvalue weighted by atomic mass is 9.98. The monoisotopic (exact) mass is 310 g/mol. The molecule has 1 aromatic carbocycles. The molecule has 1 aromatic heterocycles. The van der Waals surface area contributed by atoms with E-state index >= 15 is 0 Å². The number of hydrogen-bond donors (Lipinski definition) is 1. The molecule has 2 aromatic rings. The minimum Gasteiger partial charge on any atom is -0.330 e. The van der Waals surface area contributed by atoms with Crippen LogP contribution in [0.15, 0.2) is 12.1 Å². The number of benzene rings is 1.